The first-order valence-corrected chi connectivity index (χ1v) is 8.22. The summed E-state index contributed by atoms with van der Waals surface area (Å²) >= 11 is 3.27. The standard InChI is InChI=1S/C15H11N3O2S2/c19-18(20)12-7-5-11(6-8-12)16-17-15(13-3-1-9-21-13)14-4-2-10-22-14/h1-10,15H. The van der Waals surface area contributed by atoms with E-state index in [4.69, 9.17) is 0 Å². The second kappa shape index (κ2) is 6.59. The van der Waals surface area contributed by atoms with Crippen molar-refractivity contribution in [1.29, 1.82) is 0 Å². The van der Waals surface area contributed by atoms with Gasteiger partial charge in [-0.1, -0.05) is 12.1 Å². The van der Waals surface area contributed by atoms with E-state index in [1.165, 1.54) is 12.1 Å². The Kier molecular flexibility index (Phi) is 4.36. The number of hydrogen-bond acceptors (Lipinski definition) is 6. The number of hydrogen-bond donors (Lipinski definition) is 0. The lowest BCUT2D eigenvalue weighted by molar-refractivity contribution is -0.384. The van der Waals surface area contributed by atoms with Crippen LogP contribution in [0, 0.1) is 10.1 Å². The molecule has 0 saturated heterocycles. The average molecular weight is 329 g/mol. The molecular formula is C15H11N3O2S2. The highest BCUT2D eigenvalue weighted by Crippen LogP contribution is 2.33. The monoisotopic (exact) mass is 329 g/mol. The van der Waals surface area contributed by atoms with Crippen LogP contribution in [0.15, 0.2) is 69.5 Å². The lowest BCUT2D eigenvalue weighted by Crippen LogP contribution is -1.90. The zero-order valence-corrected chi connectivity index (χ0v) is 13.0. The molecule has 0 fully saturated rings. The summed E-state index contributed by atoms with van der Waals surface area (Å²) < 4.78 is 0. The van der Waals surface area contributed by atoms with Gasteiger partial charge >= 0.3 is 0 Å². The maximum absolute atomic E-state index is 10.6. The van der Waals surface area contributed by atoms with E-state index in [9.17, 15) is 10.1 Å². The van der Waals surface area contributed by atoms with E-state index in [1.807, 2.05) is 35.0 Å². The molecule has 2 heterocycles. The molecule has 110 valence electrons. The Bertz CT molecular complexity index is 731. The third-order valence-electron chi connectivity index (χ3n) is 2.97. The molecule has 0 N–H and O–H groups in total. The third kappa shape index (κ3) is 3.26. The highest BCUT2D eigenvalue weighted by Gasteiger charge is 2.15. The van der Waals surface area contributed by atoms with Crippen LogP contribution in [0.3, 0.4) is 0 Å². The van der Waals surface area contributed by atoms with Gasteiger partial charge in [0.1, 0.15) is 6.04 Å². The Balaban J connectivity index is 1.85. The molecule has 3 rings (SSSR count). The molecule has 0 spiro atoms. The molecule has 1 aromatic carbocycles. The molecule has 22 heavy (non-hydrogen) atoms. The maximum Gasteiger partial charge on any atom is 0.269 e. The Morgan fingerprint density at radius 2 is 1.55 bits per heavy atom. The molecule has 5 nitrogen and oxygen atoms in total. The van der Waals surface area contributed by atoms with Crippen LogP contribution in [0.4, 0.5) is 11.4 Å². The molecule has 0 aliphatic carbocycles. The predicted octanol–water partition coefficient (Wildman–Crippen LogP) is 5.59. The molecule has 0 radical (unpaired) electrons. The SMILES string of the molecule is O=[N+]([O-])c1ccc(N=NC(c2cccs2)c2cccs2)cc1. The fourth-order valence-electron chi connectivity index (χ4n) is 1.91. The van der Waals surface area contributed by atoms with Crippen molar-refractivity contribution in [3.8, 4) is 0 Å². The van der Waals surface area contributed by atoms with Gasteiger partial charge in [-0.05, 0) is 35.0 Å². The summed E-state index contributed by atoms with van der Waals surface area (Å²) in [5.41, 5.74) is 0.649. The summed E-state index contributed by atoms with van der Waals surface area (Å²) in [6.45, 7) is 0. The van der Waals surface area contributed by atoms with Gasteiger partial charge in [0.15, 0.2) is 0 Å². The first-order chi connectivity index (χ1) is 10.7. The minimum Gasteiger partial charge on any atom is -0.258 e. The Hall–Kier alpha value is -2.38. The predicted molar refractivity (Wildman–Crippen MR) is 88.1 cm³/mol. The molecule has 0 unspecified atom stereocenters. The number of nitro groups is 1. The van der Waals surface area contributed by atoms with E-state index in [0.29, 0.717) is 5.69 Å². The molecular weight excluding hydrogens is 318 g/mol. The fraction of sp³-hybridized carbons (Fsp3) is 0.0667. The summed E-state index contributed by atoms with van der Waals surface area (Å²) in [4.78, 5) is 12.5. The zero-order valence-electron chi connectivity index (χ0n) is 11.3. The minimum atomic E-state index is -0.430. The van der Waals surface area contributed by atoms with Gasteiger partial charge in [0, 0.05) is 21.9 Å². The number of nitrogens with zero attached hydrogens (tertiary/aromatic N) is 3. The van der Waals surface area contributed by atoms with Crippen molar-refractivity contribution in [2.24, 2.45) is 10.2 Å². The van der Waals surface area contributed by atoms with E-state index in [1.54, 1.807) is 34.8 Å². The van der Waals surface area contributed by atoms with Gasteiger partial charge in [-0.15, -0.1) is 22.7 Å². The van der Waals surface area contributed by atoms with Gasteiger partial charge in [-0.3, -0.25) is 10.1 Å². The molecule has 0 aliphatic rings. The maximum atomic E-state index is 10.6. The van der Waals surface area contributed by atoms with Crippen LogP contribution >= 0.6 is 22.7 Å². The molecule has 0 bridgehead atoms. The number of non-ortho nitro benzene ring substituents is 1. The molecule has 2 aromatic heterocycles. The van der Waals surface area contributed by atoms with E-state index in [0.717, 1.165) is 9.75 Å². The lowest BCUT2D eigenvalue weighted by Gasteiger charge is -2.06. The highest BCUT2D eigenvalue weighted by atomic mass is 32.1. The number of thiophene rings is 2. The van der Waals surface area contributed by atoms with Crippen LogP contribution < -0.4 is 0 Å². The van der Waals surface area contributed by atoms with Crippen LogP contribution in [0.1, 0.15) is 15.8 Å². The van der Waals surface area contributed by atoms with Crippen molar-refractivity contribution >= 4 is 34.0 Å². The summed E-state index contributed by atoms with van der Waals surface area (Å²) in [5, 5.41) is 23.3. The van der Waals surface area contributed by atoms with Gasteiger partial charge < -0.3 is 0 Å². The topological polar surface area (TPSA) is 67.9 Å². The van der Waals surface area contributed by atoms with Crippen molar-refractivity contribution in [2.75, 3.05) is 0 Å². The van der Waals surface area contributed by atoms with Gasteiger partial charge in [-0.2, -0.15) is 10.2 Å². The van der Waals surface area contributed by atoms with Crippen LogP contribution in [0.2, 0.25) is 0 Å². The number of azo groups is 1. The molecule has 0 saturated carbocycles. The summed E-state index contributed by atoms with van der Waals surface area (Å²) in [6, 6.07) is 14.0. The van der Waals surface area contributed by atoms with E-state index in [2.05, 4.69) is 10.2 Å². The van der Waals surface area contributed by atoms with E-state index < -0.39 is 4.92 Å². The van der Waals surface area contributed by atoms with Crippen molar-refractivity contribution < 1.29 is 4.92 Å². The van der Waals surface area contributed by atoms with Gasteiger partial charge in [0.2, 0.25) is 0 Å². The second-order valence-corrected chi connectivity index (χ2v) is 6.38. The summed E-state index contributed by atoms with van der Waals surface area (Å²) in [5.74, 6) is 0. The fourth-order valence-corrected chi connectivity index (χ4v) is 3.54. The quantitative estimate of drug-likeness (QED) is 0.348. The first-order valence-electron chi connectivity index (χ1n) is 6.46. The average Bonchev–Trinajstić information content (AvgIpc) is 3.22. The molecule has 0 amide bonds. The third-order valence-corrected chi connectivity index (χ3v) is 4.82. The first kappa shape index (κ1) is 14.6. The lowest BCUT2D eigenvalue weighted by atomic mass is 10.2. The van der Waals surface area contributed by atoms with Crippen molar-refractivity contribution in [3.05, 3.63) is 79.2 Å². The summed E-state index contributed by atoms with van der Waals surface area (Å²) in [7, 11) is 0. The number of nitro benzene ring substituents is 1. The van der Waals surface area contributed by atoms with Gasteiger partial charge in [0.25, 0.3) is 5.69 Å². The minimum absolute atomic E-state index is 0.0482. The smallest absolute Gasteiger partial charge is 0.258 e. The van der Waals surface area contributed by atoms with Crippen molar-refractivity contribution in [1.82, 2.24) is 0 Å². The van der Waals surface area contributed by atoms with E-state index in [-0.39, 0.29) is 11.7 Å². The number of rotatable bonds is 5. The molecule has 0 aliphatic heterocycles. The Morgan fingerprint density at radius 1 is 0.955 bits per heavy atom. The normalized spacial score (nSPS) is 11.3. The largest absolute Gasteiger partial charge is 0.269 e. The van der Waals surface area contributed by atoms with E-state index >= 15 is 0 Å². The zero-order chi connectivity index (χ0) is 15.4. The van der Waals surface area contributed by atoms with Crippen molar-refractivity contribution in [2.45, 2.75) is 6.04 Å². The molecule has 7 heteroatoms. The molecule has 3 aromatic rings. The van der Waals surface area contributed by atoms with Crippen LogP contribution in [0.25, 0.3) is 0 Å². The van der Waals surface area contributed by atoms with Crippen molar-refractivity contribution in [3.63, 3.8) is 0 Å². The molecule has 0 atom stereocenters. The Labute approximate surface area is 134 Å². The highest BCUT2D eigenvalue weighted by molar-refractivity contribution is 7.11. The van der Waals surface area contributed by atoms with Crippen LogP contribution in [-0.2, 0) is 0 Å². The summed E-state index contributed by atoms with van der Waals surface area (Å²) in [6.07, 6.45) is 0. The van der Waals surface area contributed by atoms with Gasteiger partial charge in [0.05, 0.1) is 10.6 Å². The van der Waals surface area contributed by atoms with Gasteiger partial charge in [-0.25, -0.2) is 0 Å². The number of benzene rings is 1. The Morgan fingerprint density at radius 3 is 2.00 bits per heavy atom. The second-order valence-electron chi connectivity index (χ2n) is 4.42. The van der Waals surface area contributed by atoms with Crippen LogP contribution in [-0.4, -0.2) is 4.92 Å². The van der Waals surface area contributed by atoms with Crippen LogP contribution in [0.5, 0.6) is 0 Å².